The third-order valence-corrected chi connectivity index (χ3v) is 12.7. The third-order valence-electron chi connectivity index (χ3n) is 12.7. The van der Waals surface area contributed by atoms with E-state index in [4.69, 9.17) is 14.2 Å². The quantitative estimate of drug-likeness (QED) is 0.0345. The van der Waals surface area contributed by atoms with Crippen LogP contribution in [-0.4, -0.2) is 37.9 Å². The number of rotatable bonds is 55. The number of hydrogen-bond acceptors (Lipinski definition) is 5. The molecule has 0 aliphatic rings. The van der Waals surface area contributed by atoms with Gasteiger partial charge < -0.3 is 14.2 Å². The summed E-state index contributed by atoms with van der Waals surface area (Å²) in [4.78, 5) is 25.6. The molecule has 0 rings (SSSR count). The van der Waals surface area contributed by atoms with E-state index in [1.807, 2.05) is 6.08 Å². The van der Waals surface area contributed by atoms with Gasteiger partial charge in [0.15, 0.2) is 6.10 Å². The van der Waals surface area contributed by atoms with Gasteiger partial charge in [-0.1, -0.05) is 264 Å². The summed E-state index contributed by atoms with van der Waals surface area (Å²) < 4.78 is 17.4. The first-order valence-electron chi connectivity index (χ1n) is 30.7. The first-order chi connectivity index (χ1) is 36.6. The summed E-state index contributed by atoms with van der Waals surface area (Å²) in [7, 11) is 0. The molecule has 0 radical (unpaired) electrons. The Morgan fingerprint density at radius 2 is 0.635 bits per heavy atom. The van der Waals surface area contributed by atoms with Crippen molar-refractivity contribution >= 4 is 11.9 Å². The largest absolute Gasteiger partial charge is 0.462 e. The minimum absolute atomic E-state index is 0.0313. The molecule has 0 heterocycles. The third kappa shape index (κ3) is 60.6. The number of ether oxygens (including phenoxy) is 3. The molecular formula is C69H114O5. The minimum atomic E-state index is -0.586. The van der Waals surface area contributed by atoms with Gasteiger partial charge in [-0.2, -0.15) is 0 Å². The van der Waals surface area contributed by atoms with E-state index < -0.39 is 6.10 Å². The highest BCUT2D eigenvalue weighted by atomic mass is 16.6. The molecule has 0 aliphatic heterocycles. The molecule has 0 bridgehead atoms. The lowest BCUT2D eigenvalue weighted by molar-refractivity contribution is -0.162. The van der Waals surface area contributed by atoms with Crippen molar-refractivity contribution in [2.45, 2.75) is 271 Å². The number of unbranched alkanes of at least 4 members (excludes halogenated alkanes) is 22. The fraction of sp³-hybridized carbons (Fsp3) is 0.652. The first kappa shape index (κ1) is 70.0. The molecule has 1 atom stereocenters. The van der Waals surface area contributed by atoms with Crippen molar-refractivity contribution in [1.29, 1.82) is 0 Å². The number of carbonyl (C=O) groups is 2. The number of carbonyl (C=O) groups excluding carboxylic acids is 2. The second kappa shape index (κ2) is 63.3. The molecule has 0 saturated heterocycles. The van der Waals surface area contributed by atoms with Crippen LogP contribution in [0.15, 0.2) is 134 Å². The zero-order chi connectivity index (χ0) is 53.4. The molecule has 420 valence electrons. The second-order valence-corrected chi connectivity index (χ2v) is 19.8. The van der Waals surface area contributed by atoms with Gasteiger partial charge in [0, 0.05) is 19.4 Å². The van der Waals surface area contributed by atoms with Gasteiger partial charge in [-0.25, -0.2) is 0 Å². The molecule has 0 aliphatic carbocycles. The topological polar surface area (TPSA) is 61.8 Å². The van der Waals surface area contributed by atoms with Crippen molar-refractivity contribution < 1.29 is 23.8 Å². The molecule has 0 spiro atoms. The fourth-order valence-electron chi connectivity index (χ4n) is 8.17. The highest BCUT2D eigenvalue weighted by molar-refractivity contribution is 5.70. The normalized spacial score (nSPS) is 13.2. The smallest absolute Gasteiger partial charge is 0.306 e. The lowest BCUT2D eigenvalue weighted by Gasteiger charge is -2.18. The predicted octanol–water partition coefficient (Wildman–Crippen LogP) is 21.5. The van der Waals surface area contributed by atoms with Gasteiger partial charge in [0.2, 0.25) is 0 Å². The van der Waals surface area contributed by atoms with Crippen LogP contribution in [0.25, 0.3) is 0 Å². The van der Waals surface area contributed by atoms with Gasteiger partial charge in [-0.05, 0) is 122 Å². The summed E-state index contributed by atoms with van der Waals surface area (Å²) in [5.41, 5.74) is 0. The zero-order valence-electron chi connectivity index (χ0n) is 48.3. The van der Waals surface area contributed by atoms with Crippen LogP contribution in [0.5, 0.6) is 0 Å². The molecular weight excluding hydrogens is 909 g/mol. The Hall–Kier alpha value is -3.96. The summed E-state index contributed by atoms with van der Waals surface area (Å²) in [5.74, 6) is -0.513. The van der Waals surface area contributed by atoms with Crippen LogP contribution in [0, 0.1) is 0 Å². The fourth-order valence-corrected chi connectivity index (χ4v) is 8.17. The van der Waals surface area contributed by atoms with Crippen molar-refractivity contribution in [1.82, 2.24) is 0 Å². The van der Waals surface area contributed by atoms with Crippen LogP contribution < -0.4 is 0 Å². The van der Waals surface area contributed by atoms with Crippen LogP contribution in [0.2, 0.25) is 0 Å². The molecule has 0 N–H and O–H groups in total. The maximum atomic E-state index is 12.9. The van der Waals surface area contributed by atoms with E-state index in [0.717, 1.165) is 103 Å². The summed E-state index contributed by atoms with van der Waals surface area (Å²) in [5, 5.41) is 0. The summed E-state index contributed by atoms with van der Waals surface area (Å²) >= 11 is 0. The van der Waals surface area contributed by atoms with Crippen LogP contribution >= 0.6 is 0 Å². The Morgan fingerprint density at radius 3 is 1.04 bits per heavy atom. The highest BCUT2D eigenvalue weighted by Gasteiger charge is 2.17. The molecule has 1 unspecified atom stereocenters. The molecule has 5 heteroatoms. The van der Waals surface area contributed by atoms with Crippen LogP contribution in [0.4, 0.5) is 0 Å². The van der Waals surface area contributed by atoms with Gasteiger partial charge in [0.25, 0.3) is 0 Å². The van der Waals surface area contributed by atoms with Crippen LogP contribution in [0.1, 0.15) is 265 Å². The minimum Gasteiger partial charge on any atom is -0.462 e. The summed E-state index contributed by atoms with van der Waals surface area (Å²) in [6.07, 6.45) is 90.7. The molecule has 0 aromatic carbocycles. The first-order valence-corrected chi connectivity index (χ1v) is 30.7. The van der Waals surface area contributed by atoms with Crippen LogP contribution in [0.3, 0.4) is 0 Å². The average Bonchev–Trinajstić information content (AvgIpc) is 3.40. The average molecular weight is 1020 g/mol. The van der Waals surface area contributed by atoms with Crippen molar-refractivity contribution in [3.05, 3.63) is 134 Å². The Morgan fingerprint density at radius 1 is 0.311 bits per heavy atom. The molecule has 0 aromatic rings. The molecule has 0 saturated carbocycles. The Bertz CT molecular complexity index is 1530. The lowest BCUT2D eigenvalue weighted by Crippen LogP contribution is -2.30. The van der Waals surface area contributed by atoms with E-state index >= 15 is 0 Å². The van der Waals surface area contributed by atoms with E-state index in [-0.39, 0.29) is 25.2 Å². The molecule has 74 heavy (non-hydrogen) atoms. The van der Waals surface area contributed by atoms with Crippen molar-refractivity contribution in [2.75, 3.05) is 19.8 Å². The van der Waals surface area contributed by atoms with Gasteiger partial charge in [0.1, 0.15) is 6.61 Å². The van der Waals surface area contributed by atoms with Crippen molar-refractivity contribution in [2.24, 2.45) is 0 Å². The molecule has 0 fully saturated rings. The Labute approximate surface area is 458 Å². The van der Waals surface area contributed by atoms with E-state index in [1.165, 1.54) is 122 Å². The predicted molar refractivity (Wildman–Crippen MR) is 325 cm³/mol. The van der Waals surface area contributed by atoms with Gasteiger partial charge in [-0.3, -0.25) is 9.59 Å². The van der Waals surface area contributed by atoms with Crippen molar-refractivity contribution in [3.63, 3.8) is 0 Å². The number of esters is 2. The number of hydrogen-bond donors (Lipinski definition) is 0. The standard InChI is InChI=1S/C69H114O5/c1-4-7-10-13-16-19-22-25-28-31-34-37-40-43-46-49-52-55-58-61-64-72-65-67(74-69(71)63-60-57-54-51-48-45-42-39-36-33-30-27-24-21-18-15-12-9-6-3)66-73-68(70)62-59-56-53-50-47-44-41-38-35-32-29-26-23-20-17-14-11-8-5-2/h8-9,11-12,17-18,20-21,25-30,35-36,38-39,44,47,53,56,67H,4-7,10,13-16,19,22-24,31-34,37,40-43,45-46,48-52,54-55,57-66H2,1-3H3/b11-8-,12-9-,20-17-,21-18-,28-25-,29-26-,30-27-,38-35-,39-36-,47-44-,56-53-. The van der Waals surface area contributed by atoms with Gasteiger partial charge in [0.05, 0.1) is 6.61 Å². The van der Waals surface area contributed by atoms with E-state index in [1.54, 1.807) is 0 Å². The molecule has 0 aromatic heterocycles. The maximum absolute atomic E-state index is 12.9. The Kier molecular flexibility index (Phi) is 59.9. The molecule has 0 amide bonds. The van der Waals surface area contributed by atoms with E-state index in [9.17, 15) is 9.59 Å². The zero-order valence-corrected chi connectivity index (χ0v) is 48.3. The lowest BCUT2D eigenvalue weighted by atomic mass is 10.1. The van der Waals surface area contributed by atoms with Crippen LogP contribution in [-0.2, 0) is 23.8 Å². The van der Waals surface area contributed by atoms with Crippen molar-refractivity contribution in [3.8, 4) is 0 Å². The SMILES string of the molecule is CC/C=C\C/C=C\C/C=C\C/C=C\C/C=C\C/C=C\CCC(=O)OCC(COCCCCCCCCCCCC/C=C\CCCCCCCC)OC(=O)CCCCCCCC/C=C\C/C=C\C/C=C\C/C=C\CC. The highest BCUT2D eigenvalue weighted by Crippen LogP contribution is 2.14. The van der Waals surface area contributed by atoms with Gasteiger partial charge >= 0.3 is 11.9 Å². The summed E-state index contributed by atoms with van der Waals surface area (Å²) in [6.45, 7) is 7.51. The monoisotopic (exact) mass is 1020 g/mol. The Balaban J connectivity index is 4.43. The van der Waals surface area contributed by atoms with Gasteiger partial charge in [-0.15, -0.1) is 0 Å². The summed E-state index contributed by atoms with van der Waals surface area (Å²) in [6, 6.07) is 0. The second-order valence-electron chi connectivity index (χ2n) is 19.8. The maximum Gasteiger partial charge on any atom is 0.306 e. The van der Waals surface area contributed by atoms with E-state index in [0.29, 0.717) is 25.9 Å². The molecule has 5 nitrogen and oxygen atoms in total. The van der Waals surface area contributed by atoms with E-state index in [2.05, 4.69) is 148 Å². The number of allylic oxidation sites excluding steroid dienone is 22.